The molecule has 1 saturated heterocycles. The Morgan fingerprint density at radius 1 is 1.29 bits per heavy atom. The summed E-state index contributed by atoms with van der Waals surface area (Å²) in [6.07, 6.45) is 1.85. The summed E-state index contributed by atoms with van der Waals surface area (Å²) in [5.74, 6) is -1.30. The van der Waals surface area contributed by atoms with Crippen LogP contribution in [0.5, 0.6) is 0 Å². The molecule has 2 atom stereocenters. The van der Waals surface area contributed by atoms with E-state index in [0.29, 0.717) is 12.1 Å². The van der Waals surface area contributed by atoms with E-state index < -0.39 is 12.1 Å². The van der Waals surface area contributed by atoms with E-state index in [9.17, 15) is 9.59 Å². The highest BCUT2D eigenvalue weighted by Crippen LogP contribution is 2.17. The molecule has 0 aliphatic carbocycles. The summed E-state index contributed by atoms with van der Waals surface area (Å²) < 4.78 is 6.99. The van der Waals surface area contributed by atoms with E-state index in [1.165, 1.54) is 11.1 Å². The van der Waals surface area contributed by atoms with Crippen LogP contribution in [0.3, 0.4) is 0 Å². The van der Waals surface area contributed by atoms with Gasteiger partial charge in [0.1, 0.15) is 0 Å². The molecule has 2 heterocycles. The second-order valence-corrected chi connectivity index (χ2v) is 5.94. The number of nitrogens with zero attached hydrogens (tertiary/aromatic N) is 3. The first kappa shape index (κ1) is 16.2. The number of amides is 1. The van der Waals surface area contributed by atoms with Crippen molar-refractivity contribution < 1.29 is 19.4 Å². The highest BCUT2D eigenvalue weighted by molar-refractivity contribution is 5.94. The second-order valence-electron chi connectivity index (χ2n) is 5.94. The predicted molar refractivity (Wildman–Crippen MR) is 86.2 cm³/mol. The Morgan fingerprint density at radius 3 is 2.75 bits per heavy atom. The van der Waals surface area contributed by atoms with Crippen LogP contribution in [-0.2, 0) is 9.53 Å². The zero-order chi connectivity index (χ0) is 17.3. The number of morpholine rings is 1. The molecule has 7 nitrogen and oxygen atoms in total. The molecule has 1 amide bonds. The number of benzene rings is 1. The zero-order valence-corrected chi connectivity index (χ0v) is 13.5. The molecule has 7 heteroatoms. The number of hydrogen-bond donors (Lipinski definition) is 1. The van der Waals surface area contributed by atoms with E-state index in [2.05, 4.69) is 5.10 Å². The minimum atomic E-state index is -1.06. The summed E-state index contributed by atoms with van der Waals surface area (Å²) >= 11 is 0. The summed E-state index contributed by atoms with van der Waals surface area (Å²) in [5, 5.41) is 13.4. The monoisotopic (exact) mass is 329 g/mol. The van der Waals surface area contributed by atoms with Gasteiger partial charge in [0.15, 0.2) is 6.10 Å². The largest absolute Gasteiger partial charge is 0.479 e. The molecule has 1 N–H and O–H groups in total. The molecular formula is C17H19N3O4. The van der Waals surface area contributed by atoms with Crippen LogP contribution in [0.2, 0.25) is 0 Å². The molecule has 0 bridgehead atoms. The summed E-state index contributed by atoms with van der Waals surface area (Å²) in [7, 11) is 0. The molecular weight excluding hydrogens is 310 g/mol. The molecule has 0 saturated carbocycles. The van der Waals surface area contributed by atoms with Crippen molar-refractivity contribution in [3.63, 3.8) is 0 Å². The van der Waals surface area contributed by atoms with Crippen molar-refractivity contribution in [3.8, 4) is 5.69 Å². The fourth-order valence-corrected chi connectivity index (χ4v) is 2.82. The first-order chi connectivity index (χ1) is 11.5. The third-order valence-corrected chi connectivity index (χ3v) is 4.01. The van der Waals surface area contributed by atoms with Crippen molar-refractivity contribution in [2.45, 2.75) is 26.1 Å². The standard InChI is InChI=1S/C17H19N3O4/c1-11-5-3-4-6-14(11)20-9-13(7-18-20)16(21)19-8-12(2)24-15(10-19)17(22)23/h3-7,9,12,15H,8,10H2,1-2H3,(H,22,23)/t12-,15?/m1/s1. The van der Waals surface area contributed by atoms with Crippen LogP contribution < -0.4 is 0 Å². The molecule has 0 spiro atoms. The molecule has 1 fully saturated rings. The van der Waals surface area contributed by atoms with E-state index in [1.807, 2.05) is 31.2 Å². The minimum absolute atomic E-state index is 0.0358. The van der Waals surface area contributed by atoms with Crippen molar-refractivity contribution in [1.82, 2.24) is 14.7 Å². The number of para-hydroxylation sites is 1. The summed E-state index contributed by atoms with van der Waals surface area (Å²) in [5.41, 5.74) is 2.37. The summed E-state index contributed by atoms with van der Waals surface area (Å²) in [6, 6.07) is 7.75. The first-order valence-corrected chi connectivity index (χ1v) is 7.74. The molecule has 2 aromatic rings. The van der Waals surface area contributed by atoms with Gasteiger partial charge in [-0.05, 0) is 25.5 Å². The SMILES string of the molecule is Cc1ccccc1-n1cc(C(=O)N2CC(C(=O)O)O[C@H](C)C2)cn1. The highest BCUT2D eigenvalue weighted by atomic mass is 16.5. The maximum atomic E-state index is 12.7. The minimum Gasteiger partial charge on any atom is -0.479 e. The Labute approximate surface area is 139 Å². The Bertz CT molecular complexity index is 771. The molecule has 1 aromatic carbocycles. The Morgan fingerprint density at radius 2 is 2.04 bits per heavy atom. The van der Waals surface area contributed by atoms with Crippen molar-refractivity contribution in [2.75, 3.05) is 13.1 Å². The van der Waals surface area contributed by atoms with Crippen molar-refractivity contribution in [2.24, 2.45) is 0 Å². The van der Waals surface area contributed by atoms with Crippen LogP contribution in [0.4, 0.5) is 0 Å². The van der Waals surface area contributed by atoms with Crippen LogP contribution in [0.15, 0.2) is 36.7 Å². The van der Waals surface area contributed by atoms with E-state index >= 15 is 0 Å². The zero-order valence-electron chi connectivity index (χ0n) is 13.5. The number of rotatable bonds is 3. The predicted octanol–water partition coefficient (Wildman–Crippen LogP) is 1.49. The lowest BCUT2D eigenvalue weighted by Gasteiger charge is -2.34. The number of carbonyl (C=O) groups excluding carboxylic acids is 1. The fourth-order valence-electron chi connectivity index (χ4n) is 2.82. The van der Waals surface area contributed by atoms with Gasteiger partial charge in [0, 0.05) is 12.7 Å². The number of aromatic nitrogens is 2. The lowest BCUT2D eigenvalue weighted by Crippen LogP contribution is -2.51. The van der Waals surface area contributed by atoms with Crippen LogP contribution in [0.1, 0.15) is 22.8 Å². The maximum absolute atomic E-state index is 12.7. The molecule has 1 unspecified atom stereocenters. The number of aliphatic carboxylic acids is 1. The smallest absolute Gasteiger partial charge is 0.334 e. The van der Waals surface area contributed by atoms with E-state index in [0.717, 1.165) is 11.3 Å². The molecule has 1 aromatic heterocycles. The molecule has 126 valence electrons. The van der Waals surface area contributed by atoms with Gasteiger partial charge in [0.2, 0.25) is 0 Å². The number of aryl methyl sites for hydroxylation is 1. The van der Waals surface area contributed by atoms with Crippen LogP contribution >= 0.6 is 0 Å². The maximum Gasteiger partial charge on any atom is 0.334 e. The lowest BCUT2D eigenvalue weighted by atomic mass is 10.2. The van der Waals surface area contributed by atoms with Gasteiger partial charge < -0.3 is 14.7 Å². The fraction of sp³-hybridized carbons (Fsp3) is 0.353. The Hall–Kier alpha value is -2.67. The number of carboxylic acid groups (broad SMARTS) is 1. The van der Waals surface area contributed by atoms with Crippen molar-refractivity contribution in [3.05, 3.63) is 47.8 Å². The summed E-state index contributed by atoms with van der Waals surface area (Å²) in [6.45, 7) is 4.12. The molecule has 24 heavy (non-hydrogen) atoms. The molecule has 0 radical (unpaired) electrons. The lowest BCUT2D eigenvalue weighted by molar-refractivity contribution is -0.160. The van der Waals surface area contributed by atoms with Crippen molar-refractivity contribution in [1.29, 1.82) is 0 Å². The van der Waals surface area contributed by atoms with Gasteiger partial charge in [0.05, 0.1) is 30.1 Å². The Kier molecular flexibility index (Phi) is 4.35. The third kappa shape index (κ3) is 3.16. The quantitative estimate of drug-likeness (QED) is 0.922. The Balaban J connectivity index is 1.81. The number of hydrogen-bond acceptors (Lipinski definition) is 4. The van der Waals surface area contributed by atoms with Crippen molar-refractivity contribution >= 4 is 11.9 Å². The van der Waals surface area contributed by atoms with Gasteiger partial charge >= 0.3 is 5.97 Å². The molecule has 1 aliphatic heterocycles. The topological polar surface area (TPSA) is 84.7 Å². The van der Waals surface area contributed by atoms with E-state index in [4.69, 9.17) is 9.84 Å². The van der Waals surface area contributed by atoms with E-state index in [1.54, 1.807) is 17.8 Å². The van der Waals surface area contributed by atoms with E-state index in [-0.39, 0.29) is 18.6 Å². The average Bonchev–Trinajstić information content (AvgIpc) is 3.03. The van der Waals surface area contributed by atoms with Crippen LogP contribution in [-0.4, -0.2) is 57.0 Å². The highest BCUT2D eigenvalue weighted by Gasteiger charge is 2.33. The van der Waals surface area contributed by atoms with Gasteiger partial charge in [-0.1, -0.05) is 18.2 Å². The van der Waals surface area contributed by atoms with Gasteiger partial charge in [-0.3, -0.25) is 4.79 Å². The number of carbonyl (C=O) groups is 2. The van der Waals surface area contributed by atoms with Gasteiger partial charge in [-0.2, -0.15) is 5.10 Å². The van der Waals surface area contributed by atoms with Crippen LogP contribution in [0, 0.1) is 6.92 Å². The average molecular weight is 329 g/mol. The normalized spacial score (nSPS) is 20.8. The van der Waals surface area contributed by atoms with Gasteiger partial charge in [-0.25, -0.2) is 9.48 Å². The summed E-state index contributed by atoms with van der Waals surface area (Å²) in [4.78, 5) is 25.3. The first-order valence-electron chi connectivity index (χ1n) is 7.74. The van der Waals surface area contributed by atoms with Gasteiger partial charge in [-0.15, -0.1) is 0 Å². The van der Waals surface area contributed by atoms with Crippen LogP contribution in [0.25, 0.3) is 5.69 Å². The van der Waals surface area contributed by atoms with Gasteiger partial charge in [0.25, 0.3) is 5.91 Å². The second kappa shape index (κ2) is 6.45. The third-order valence-electron chi connectivity index (χ3n) is 4.01. The molecule has 3 rings (SSSR count). The number of ether oxygens (including phenoxy) is 1. The molecule has 1 aliphatic rings. The number of carboxylic acids is 1.